The molecule has 0 aliphatic rings. The van der Waals surface area contributed by atoms with Crippen LogP contribution in [0.4, 0.5) is 14.5 Å². The second-order valence-electron chi connectivity index (χ2n) is 6.34. The zero-order valence-corrected chi connectivity index (χ0v) is 16.5. The number of esters is 2. The van der Waals surface area contributed by atoms with Crippen LogP contribution in [-0.2, 0) is 25.6 Å². The number of carbonyl (C=O) groups is 3. The molecule has 1 N–H and O–H groups in total. The van der Waals surface area contributed by atoms with Crippen LogP contribution in [0.3, 0.4) is 0 Å². The molecule has 2 rings (SSSR count). The van der Waals surface area contributed by atoms with Gasteiger partial charge in [-0.25, -0.2) is 13.6 Å². The number of hydrogen-bond donors (Lipinski definition) is 1. The molecule has 1 amide bonds. The van der Waals surface area contributed by atoms with Crippen molar-refractivity contribution in [3.63, 3.8) is 0 Å². The van der Waals surface area contributed by atoms with E-state index in [1.165, 1.54) is 6.92 Å². The average Bonchev–Trinajstić information content (AvgIpc) is 2.93. The molecule has 0 saturated heterocycles. The summed E-state index contributed by atoms with van der Waals surface area (Å²) in [5.41, 5.74) is 1.15. The molecule has 29 heavy (non-hydrogen) atoms. The predicted octanol–water partition coefficient (Wildman–Crippen LogP) is 3.13. The van der Waals surface area contributed by atoms with E-state index in [4.69, 9.17) is 9.47 Å². The van der Waals surface area contributed by atoms with E-state index < -0.39 is 35.6 Å². The SMILES string of the molecule is CCOC(=O)c1cc(C)n(CC(=O)OC(C)C(=O)Nc2cc(F)ccc2F)c1C. The first-order valence-electron chi connectivity index (χ1n) is 8.93. The van der Waals surface area contributed by atoms with Gasteiger partial charge in [0.15, 0.2) is 6.10 Å². The lowest BCUT2D eigenvalue weighted by Crippen LogP contribution is -2.31. The molecule has 1 aromatic carbocycles. The highest BCUT2D eigenvalue weighted by molar-refractivity contribution is 5.95. The highest BCUT2D eigenvalue weighted by Gasteiger charge is 2.22. The highest BCUT2D eigenvalue weighted by atomic mass is 19.1. The first-order valence-corrected chi connectivity index (χ1v) is 8.93. The van der Waals surface area contributed by atoms with Gasteiger partial charge in [0.2, 0.25) is 0 Å². The van der Waals surface area contributed by atoms with Crippen LogP contribution in [0.25, 0.3) is 0 Å². The van der Waals surface area contributed by atoms with Crippen LogP contribution in [0.5, 0.6) is 0 Å². The summed E-state index contributed by atoms with van der Waals surface area (Å²) in [5.74, 6) is -3.57. The monoisotopic (exact) mass is 408 g/mol. The van der Waals surface area contributed by atoms with E-state index >= 15 is 0 Å². The number of rotatable bonds is 7. The quantitative estimate of drug-likeness (QED) is 0.712. The molecule has 7 nitrogen and oxygen atoms in total. The fourth-order valence-corrected chi connectivity index (χ4v) is 2.70. The van der Waals surface area contributed by atoms with Crippen molar-refractivity contribution in [3.8, 4) is 0 Å². The van der Waals surface area contributed by atoms with Crippen molar-refractivity contribution in [2.24, 2.45) is 0 Å². The van der Waals surface area contributed by atoms with Crippen molar-refractivity contribution in [2.45, 2.75) is 40.3 Å². The minimum atomic E-state index is -1.24. The number of amides is 1. The molecule has 9 heteroatoms. The van der Waals surface area contributed by atoms with Crippen molar-refractivity contribution in [2.75, 3.05) is 11.9 Å². The van der Waals surface area contributed by atoms with Gasteiger partial charge in [-0.15, -0.1) is 0 Å². The largest absolute Gasteiger partial charge is 0.462 e. The molecule has 1 unspecified atom stereocenters. The Labute approximate surface area is 166 Å². The Morgan fingerprint density at radius 2 is 1.86 bits per heavy atom. The van der Waals surface area contributed by atoms with Crippen molar-refractivity contribution >= 4 is 23.5 Å². The molecule has 0 fully saturated rings. The van der Waals surface area contributed by atoms with Gasteiger partial charge in [0.1, 0.15) is 18.2 Å². The van der Waals surface area contributed by atoms with E-state index in [2.05, 4.69) is 5.32 Å². The van der Waals surface area contributed by atoms with E-state index in [9.17, 15) is 23.2 Å². The number of nitrogens with zero attached hydrogens (tertiary/aromatic N) is 1. The van der Waals surface area contributed by atoms with E-state index in [0.29, 0.717) is 17.0 Å². The van der Waals surface area contributed by atoms with Gasteiger partial charge in [-0.3, -0.25) is 9.59 Å². The summed E-state index contributed by atoms with van der Waals surface area (Å²) >= 11 is 0. The van der Waals surface area contributed by atoms with E-state index in [1.54, 1.807) is 31.4 Å². The van der Waals surface area contributed by atoms with Crippen LogP contribution in [-0.4, -0.2) is 35.1 Å². The third kappa shape index (κ3) is 5.40. The Hall–Kier alpha value is -3.23. The fraction of sp³-hybridized carbons (Fsp3) is 0.350. The highest BCUT2D eigenvalue weighted by Crippen LogP contribution is 2.18. The smallest absolute Gasteiger partial charge is 0.339 e. The van der Waals surface area contributed by atoms with Gasteiger partial charge in [0.05, 0.1) is 17.9 Å². The number of aryl methyl sites for hydroxylation is 1. The standard InChI is InChI=1S/C20H22F2N2O5/c1-5-28-20(27)15-8-11(2)24(12(15)3)10-18(25)29-13(4)19(26)23-17-9-14(21)6-7-16(17)22/h6-9,13H,5,10H2,1-4H3,(H,23,26). The number of nitrogens with one attached hydrogen (secondary N) is 1. The predicted molar refractivity (Wildman–Crippen MR) is 100 cm³/mol. The van der Waals surface area contributed by atoms with Crippen molar-refractivity contribution < 1.29 is 32.6 Å². The number of ether oxygens (including phenoxy) is 2. The lowest BCUT2D eigenvalue weighted by atomic mass is 10.2. The normalized spacial score (nSPS) is 11.7. The third-order valence-corrected chi connectivity index (χ3v) is 4.22. The Morgan fingerprint density at radius 1 is 1.17 bits per heavy atom. The summed E-state index contributed by atoms with van der Waals surface area (Å²) in [4.78, 5) is 36.3. The number of benzene rings is 1. The van der Waals surface area contributed by atoms with Crippen LogP contribution < -0.4 is 5.32 Å². The number of halogens is 2. The maximum Gasteiger partial charge on any atom is 0.339 e. The Kier molecular flexibility index (Phi) is 7.08. The van der Waals surface area contributed by atoms with Gasteiger partial charge < -0.3 is 19.4 Å². The summed E-state index contributed by atoms with van der Waals surface area (Å²) in [7, 11) is 0. The maximum absolute atomic E-state index is 13.6. The molecule has 1 aromatic heterocycles. The Balaban J connectivity index is 2.02. The van der Waals surface area contributed by atoms with Gasteiger partial charge in [-0.2, -0.15) is 0 Å². The molecule has 1 heterocycles. The number of carbonyl (C=O) groups excluding carboxylic acids is 3. The van der Waals surface area contributed by atoms with Crippen LogP contribution in [0.15, 0.2) is 24.3 Å². The Morgan fingerprint density at radius 3 is 2.52 bits per heavy atom. The second-order valence-corrected chi connectivity index (χ2v) is 6.34. The second kappa shape index (κ2) is 9.31. The summed E-state index contributed by atoms with van der Waals surface area (Å²) in [6, 6.07) is 4.22. The van der Waals surface area contributed by atoms with Crippen LogP contribution in [0, 0.1) is 25.5 Å². The summed E-state index contributed by atoms with van der Waals surface area (Å²) in [5, 5.41) is 2.18. The molecule has 0 saturated carbocycles. The first-order chi connectivity index (χ1) is 13.6. The molecule has 0 spiro atoms. The average molecular weight is 408 g/mol. The molecule has 0 aliphatic carbocycles. The number of anilines is 1. The van der Waals surface area contributed by atoms with Gasteiger partial charge in [0, 0.05) is 17.5 Å². The first kappa shape index (κ1) is 22.1. The molecule has 1 atom stereocenters. The third-order valence-electron chi connectivity index (χ3n) is 4.22. The number of hydrogen-bond acceptors (Lipinski definition) is 5. The van der Waals surface area contributed by atoms with Crippen molar-refractivity contribution in [1.82, 2.24) is 4.57 Å². The fourth-order valence-electron chi connectivity index (χ4n) is 2.70. The van der Waals surface area contributed by atoms with Crippen LogP contribution in [0.2, 0.25) is 0 Å². The van der Waals surface area contributed by atoms with Crippen molar-refractivity contribution in [1.29, 1.82) is 0 Å². The topological polar surface area (TPSA) is 86.6 Å². The van der Waals surface area contributed by atoms with E-state index in [1.807, 2.05) is 0 Å². The zero-order valence-electron chi connectivity index (χ0n) is 16.5. The molecule has 0 bridgehead atoms. The van der Waals surface area contributed by atoms with E-state index in [0.717, 1.165) is 18.2 Å². The number of aromatic nitrogens is 1. The maximum atomic E-state index is 13.6. The minimum Gasteiger partial charge on any atom is -0.462 e. The molecule has 156 valence electrons. The van der Waals surface area contributed by atoms with Gasteiger partial charge in [0.25, 0.3) is 5.91 Å². The van der Waals surface area contributed by atoms with Gasteiger partial charge in [-0.05, 0) is 45.9 Å². The summed E-state index contributed by atoms with van der Waals surface area (Å²) in [6.07, 6.45) is -1.24. The van der Waals surface area contributed by atoms with E-state index in [-0.39, 0.29) is 18.8 Å². The lowest BCUT2D eigenvalue weighted by molar-refractivity contribution is -0.153. The lowest BCUT2D eigenvalue weighted by Gasteiger charge is -2.15. The summed E-state index contributed by atoms with van der Waals surface area (Å²) in [6.45, 7) is 6.37. The molecular formula is C20H22F2N2O5. The van der Waals surface area contributed by atoms with Gasteiger partial charge in [-0.1, -0.05) is 0 Å². The van der Waals surface area contributed by atoms with Crippen molar-refractivity contribution in [3.05, 3.63) is 52.9 Å². The molecule has 0 radical (unpaired) electrons. The minimum absolute atomic E-state index is 0.225. The summed E-state index contributed by atoms with van der Waals surface area (Å²) < 4.78 is 38.4. The van der Waals surface area contributed by atoms with Crippen LogP contribution in [0.1, 0.15) is 35.6 Å². The Bertz CT molecular complexity index is 939. The van der Waals surface area contributed by atoms with Crippen LogP contribution >= 0.6 is 0 Å². The van der Waals surface area contributed by atoms with Gasteiger partial charge >= 0.3 is 11.9 Å². The molecule has 2 aromatic rings. The zero-order chi connectivity index (χ0) is 21.7. The molecular weight excluding hydrogens is 386 g/mol. The molecule has 0 aliphatic heterocycles.